The Labute approximate surface area is 197 Å². The Hall–Kier alpha value is -3.15. The van der Waals surface area contributed by atoms with Crippen LogP contribution in [0.5, 0.6) is 0 Å². The van der Waals surface area contributed by atoms with Gasteiger partial charge in [-0.05, 0) is 18.6 Å². The molecular weight excluding hydrogens is 440 g/mol. The molecule has 1 aliphatic rings. The van der Waals surface area contributed by atoms with Crippen molar-refractivity contribution < 1.29 is 9.47 Å². The summed E-state index contributed by atoms with van der Waals surface area (Å²) in [5.74, 6) is 0.635. The minimum Gasteiger partial charge on any atom is -0.477 e. The average molecular weight is 469 g/mol. The van der Waals surface area contributed by atoms with E-state index in [0.29, 0.717) is 38.7 Å². The summed E-state index contributed by atoms with van der Waals surface area (Å²) in [6.45, 7) is 5.77. The third-order valence-corrected chi connectivity index (χ3v) is 6.00. The van der Waals surface area contributed by atoms with Crippen molar-refractivity contribution in [3.05, 3.63) is 64.7 Å². The number of ether oxygens (including phenoxy) is 2. The number of nitrogens with one attached hydrogen (secondary N) is 2. The number of aromatic nitrogens is 4. The number of hydrogen-bond acceptors (Lipinski definition) is 11. The van der Waals surface area contributed by atoms with Gasteiger partial charge >= 0.3 is 0 Å². The molecule has 3 heterocycles. The molecule has 0 aliphatic carbocycles. The highest BCUT2D eigenvalue weighted by Crippen LogP contribution is 2.31. The van der Waals surface area contributed by atoms with E-state index in [9.17, 15) is 0 Å². The minimum atomic E-state index is -0.172. The lowest BCUT2D eigenvalue weighted by molar-refractivity contribution is 0.138. The summed E-state index contributed by atoms with van der Waals surface area (Å²) in [7, 11) is 1.67. The van der Waals surface area contributed by atoms with Gasteiger partial charge in [0.2, 0.25) is 11.0 Å². The first-order chi connectivity index (χ1) is 16.2. The Balaban J connectivity index is 1.47. The average Bonchev–Trinajstić information content (AvgIpc) is 3.29. The van der Waals surface area contributed by atoms with Crippen molar-refractivity contribution in [2.24, 2.45) is 5.10 Å². The Morgan fingerprint density at radius 1 is 1.30 bits per heavy atom. The normalized spacial score (nSPS) is 16.4. The predicted molar refractivity (Wildman–Crippen MR) is 127 cm³/mol. The van der Waals surface area contributed by atoms with Crippen LogP contribution in [0.2, 0.25) is 0 Å². The van der Waals surface area contributed by atoms with Crippen LogP contribution < -0.4 is 10.7 Å². The van der Waals surface area contributed by atoms with Gasteiger partial charge in [0.15, 0.2) is 0 Å². The van der Waals surface area contributed by atoms with Crippen LogP contribution in [0.4, 0.5) is 5.13 Å². The van der Waals surface area contributed by atoms with Gasteiger partial charge in [-0.1, -0.05) is 41.2 Å². The molecule has 3 aromatic rings. The molecule has 0 radical (unpaired) electrons. The van der Waals surface area contributed by atoms with Gasteiger partial charge in [0.1, 0.15) is 24.0 Å². The lowest BCUT2D eigenvalue weighted by Gasteiger charge is -2.33. The molecule has 2 aromatic heterocycles. The molecule has 1 aromatic carbocycles. The number of rotatable bonds is 10. The number of aryl methyl sites for hydroxylation is 1. The first-order valence-corrected chi connectivity index (χ1v) is 11.6. The largest absolute Gasteiger partial charge is 0.477 e. The van der Waals surface area contributed by atoms with Gasteiger partial charge < -0.3 is 20.2 Å². The zero-order valence-corrected chi connectivity index (χ0v) is 19.6. The van der Waals surface area contributed by atoms with E-state index in [4.69, 9.17) is 9.47 Å². The van der Waals surface area contributed by atoms with E-state index in [-0.39, 0.29) is 6.04 Å². The van der Waals surface area contributed by atoms with E-state index in [2.05, 4.69) is 66.0 Å². The molecule has 1 atom stereocenters. The molecule has 1 saturated heterocycles. The van der Waals surface area contributed by atoms with Gasteiger partial charge in [-0.3, -0.25) is 4.90 Å². The van der Waals surface area contributed by atoms with E-state index in [1.165, 1.54) is 22.5 Å². The van der Waals surface area contributed by atoms with Gasteiger partial charge in [0, 0.05) is 26.4 Å². The predicted octanol–water partition coefficient (Wildman–Crippen LogP) is 2.22. The molecule has 1 aliphatic heterocycles. The number of hydrogen-bond donors (Lipinski definition) is 2. The number of benzene rings is 1. The highest BCUT2D eigenvalue weighted by Gasteiger charge is 2.31. The molecular formula is C22H28N8O2S. The molecule has 33 heavy (non-hydrogen) atoms. The SMILES string of the molecule is COCCNc1nnc(C(c2ccncn2)N2CCOC(=NNCc3cccc(C)c3)C2)s1. The lowest BCUT2D eigenvalue weighted by atomic mass is 10.1. The Bertz CT molecular complexity index is 1050. The fourth-order valence-electron chi connectivity index (χ4n) is 3.52. The number of methoxy groups -OCH3 is 1. The summed E-state index contributed by atoms with van der Waals surface area (Å²) in [5.41, 5.74) is 6.39. The number of anilines is 1. The fourth-order valence-corrected chi connectivity index (χ4v) is 4.43. The molecule has 0 saturated carbocycles. The van der Waals surface area contributed by atoms with Gasteiger partial charge in [0.05, 0.1) is 25.4 Å². The maximum absolute atomic E-state index is 5.82. The maximum Gasteiger partial charge on any atom is 0.220 e. The zero-order chi connectivity index (χ0) is 22.9. The molecule has 0 amide bonds. The minimum absolute atomic E-state index is 0.172. The second-order valence-corrected chi connectivity index (χ2v) is 8.56. The van der Waals surface area contributed by atoms with Crippen LogP contribution in [0.25, 0.3) is 0 Å². The zero-order valence-electron chi connectivity index (χ0n) is 18.8. The molecule has 0 spiro atoms. The first-order valence-electron chi connectivity index (χ1n) is 10.8. The molecule has 1 fully saturated rings. The number of morpholine rings is 1. The van der Waals surface area contributed by atoms with Crippen molar-refractivity contribution in [1.82, 2.24) is 30.5 Å². The second kappa shape index (κ2) is 11.6. The van der Waals surface area contributed by atoms with Crippen molar-refractivity contribution in [1.29, 1.82) is 0 Å². The highest BCUT2D eigenvalue weighted by molar-refractivity contribution is 7.15. The first kappa shape index (κ1) is 23.0. The van der Waals surface area contributed by atoms with Gasteiger partial charge in [-0.25, -0.2) is 9.97 Å². The smallest absolute Gasteiger partial charge is 0.220 e. The van der Waals surface area contributed by atoms with Crippen molar-refractivity contribution >= 4 is 22.4 Å². The Kier molecular flexibility index (Phi) is 8.12. The van der Waals surface area contributed by atoms with Crippen LogP contribution >= 0.6 is 11.3 Å². The van der Waals surface area contributed by atoms with Crippen LogP contribution in [0.3, 0.4) is 0 Å². The van der Waals surface area contributed by atoms with Gasteiger partial charge in [-0.15, -0.1) is 15.3 Å². The second-order valence-electron chi connectivity index (χ2n) is 7.55. The fraction of sp³-hybridized carbons (Fsp3) is 0.409. The maximum atomic E-state index is 5.82. The Morgan fingerprint density at radius 3 is 3.06 bits per heavy atom. The molecule has 10 nitrogen and oxygen atoms in total. The van der Waals surface area contributed by atoms with Crippen LogP contribution in [0, 0.1) is 6.92 Å². The summed E-state index contributed by atoms with van der Waals surface area (Å²) in [4.78, 5) is 10.8. The summed E-state index contributed by atoms with van der Waals surface area (Å²) < 4.78 is 10.9. The standard InChI is InChI=1S/C22H28N8O2S/c1-16-4-3-5-17(12-16)13-26-27-19-14-30(9-11-32-19)20(18-6-7-23-15-25-18)21-28-29-22(33-21)24-8-10-31-2/h3-7,12,15,20,26H,8-11,13-14H2,1-2H3,(H,24,29). The molecule has 4 rings (SSSR count). The van der Waals surface area contributed by atoms with E-state index in [1.54, 1.807) is 19.6 Å². The van der Waals surface area contributed by atoms with Crippen LogP contribution in [-0.4, -0.2) is 70.9 Å². The summed E-state index contributed by atoms with van der Waals surface area (Å²) >= 11 is 1.51. The Morgan fingerprint density at radius 2 is 2.24 bits per heavy atom. The summed E-state index contributed by atoms with van der Waals surface area (Å²) in [5, 5.41) is 18.1. The van der Waals surface area contributed by atoms with E-state index >= 15 is 0 Å². The van der Waals surface area contributed by atoms with Crippen molar-refractivity contribution in [3.63, 3.8) is 0 Å². The quantitative estimate of drug-likeness (QED) is 0.342. The van der Waals surface area contributed by atoms with Crippen molar-refractivity contribution in [2.75, 3.05) is 45.3 Å². The van der Waals surface area contributed by atoms with Crippen molar-refractivity contribution in [2.45, 2.75) is 19.5 Å². The van der Waals surface area contributed by atoms with Gasteiger partial charge in [0.25, 0.3) is 0 Å². The third kappa shape index (κ3) is 6.44. The number of nitrogens with zero attached hydrogens (tertiary/aromatic N) is 6. The molecule has 0 bridgehead atoms. The summed E-state index contributed by atoms with van der Waals surface area (Å²) in [6.07, 6.45) is 3.30. The summed E-state index contributed by atoms with van der Waals surface area (Å²) in [6, 6.07) is 10.1. The number of hydrazone groups is 1. The highest BCUT2D eigenvalue weighted by atomic mass is 32.1. The molecule has 1 unspecified atom stereocenters. The van der Waals surface area contributed by atoms with Crippen LogP contribution in [-0.2, 0) is 16.0 Å². The third-order valence-electron chi connectivity index (χ3n) is 5.06. The van der Waals surface area contributed by atoms with Crippen molar-refractivity contribution in [3.8, 4) is 0 Å². The van der Waals surface area contributed by atoms with E-state index < -0.39 is 0 Å². The van der Waals surface area contributed by atoms with Crippen LogP contribution in [0.1, 0.15) is 27.9 Å². The van der Waals surface area contributed by atoms with E-state index in [0.717, 1.165) is 22.4 Å². The lowest BCUT2D eigenvalue weighted by Crippen LogP contribution is -2.43. The molecule has 174 valence electrons. The molecule has 2 N–H and O–H groups in total. The van der Waals surface area contributed by atoms with E-state index in [1.807, 2.05) is 12.1 Å². The molecule has 11 heteroatoms. The van der Waals surface area contributed by atoms with Crippen LogP contribution in [0.15, 0.2) is 48.0 Å². The van der Waals surface area contributed by atoms with Gasteiger partial charge in [-0.2, -0.15) is 0 Å². The monoisotopic (exact) mass is 468 g/mol. The topological polar surface area (TPSA) is 110 Å².